The van der Waals surface area contributed by atoms with E-state index < -0.39 is 0 Å². The molecule has 2 heterocycles. The lowest BCUT2D eigenvalue weighted by atomic mass is 10.1. The van der Waals surface area contributed by atoms with Gasteiger partial charge in [0.2, 0.25) is 0 Å². The molecule has 0 unspecified atom stereocenters. The van der Waals surface area contributed by atoms with E-state index in [-0.39, 0.29) is 5.63 Å². The molecule has 1 aliphatic rings. The SMILES string of the molecule is CCc1ccc2c(CN3CCN(Cc4cc(C)ccc4OC)CC3)cc(=O)oc2c1. The Morgan fingerprint density at radius 1 is 0.933 bits per heavy atom. The van der Waals surface area contributed by atoms with Crippen LogP contribution in [-0.4, -0.2) is 43.1 Å². The molecule has 0 radical (unpaired) electrons. The van der Waals surface area contributed by atoms with Gasteiger partial charge in [0.05, 0.1) is 7.11 Å². The first-order valence-corrected chi connectivity index (χ1v) is 10.7. The molecule has 0 spiro atoms. The highest BCUT2D eigenvalue weighted by Crippen LogP contribution is 2.23. The van der Waals surface area contributed by atoms with Gasteiger partial charge in [-0.25, -0.2) is 4.79 Å². The molecule has 0 saturated carbocycles. The summed E-state index contributed by atoms with van der Waals surface area (Å²) in [6.07, 6.45) is 0.928. The number of nitrogens with zero attached hydrogens (tertiary/aromatic N) is 2. The molecular weight excluding hydrogens is 376 g/mol. The van der Waals surface area contributed by atoms with Crippen LogP contribution in [0, 0.1) is 6.92 Å². The van der Waals surface area contributed by atoms with Crippen molar-refractivity contribution in [2.24, 2.45) is 0 Å². The fourth-order valence-electron chi connectivity index (χ4n) is 4.24. The molecule has 3 aromatic rings. The van der Waals surface area contributed by atoms with Crippen LogP contribution in [0.1, 0.15) is 29.2 Å². The first-order chi connectivity index (χ1) is 14.6. The zero-order valence-electron chi connectivity index (χ0n) is 18.1. The summed E-state index contributed by atoms with van der Waals surface area (Å²) in [5.41, 5.74) is 5.16. The van der Waals surface area contributed by atoms with E-state index in [9.17, 15) is 4.79 Å². The molecule has 0 N–H and O–H groups in total. The minimum absolute atomic E-state index is 0.268. The highest BCUT2D eigenvalue weighted by molar-refractivity contribution is 5.80. The minimum atomic E-state index is -0.268. The third-order valence-corrected chi connectivity index (χ3v) is 5.99. The van der Waals surface area contributed by atoms with Crippen LogP contribution in [0.4, 0.5) is 0 Å². The van der Waals surface area contributed by atoms with Crippen molar-refractivity contribution in [3.63, 3.8) is 0 Å². The predicted octanol–water partition coefficient (Wildman–Crippen LogP) is 3.99. The number of hydrogen-bond acceptors (Lipinski definition) is 5. The smallest absolute Gasteiger partial charge is 0.336 e. The molecule has 1 aliphatic heterocycles. The number of piperazine rings is 1. The molecule has 1 fully saturated rings. The molecule has 2 aromatic carbocycles. The summed E-state index contributed by atoms with van der Waals surface area (Å²) in [6.45, 7) is 9.84. The van der Waals surface area contributed by atoms with Gasteiger partial charge in [0, 0.05) is 56.3 Å². The average molecular weight is 407 g/mol. The zero-order valence-corrected chi connectivity index (χ0v) is 18.1. The van der Waals surface area contributed by atoms with Crippen molar-refractivity contribution >= 4 is 11.0 Å². The van der Waals surface area contributed by atoms with Crippen LogP contribution in [-0.2, 0) is 19.5 Å². The van der Waals surface area contributed by atoms with Crippen LogP contribution in [0.3, 0.4) is 0 Å². The molecule has 5 heteroatoms. The lowest BCUT2D eigenvalue weighted by molar-refractivity contribution is 0.121. The Hall–Kier alpha value is -2.63. The Labute approximate surface area is 177 Å². The van der Waals surface area contributed by atoms with Gasteiger partial charge in [-0.2, -0.15) is 0 Å². The average Bonchev–Trinajstić information content (AvgIpc) is 2.74. The highest BCUT2D eigenvalue weighted by Gasteiger charge is 2.19. The van der Waals surface area contributed by atoms with Crippen molar-refractivity contribution in [3.8, 4) is 5.75 Å². The van der Waals surface area contributed by atoms with Crippen LogP contribution in [0.25, 0.3) is 11.0 Å². The van der Waals surface area contributed by atoms with Gasteiger partial charge in [-0.05, 0) is 36.6 Å². The molecule has 5 nitrogen and oxygen atoms in total. The van der Waals surface area contributed by atoms with E-state index in [1.807, 2.05) is 6.07 Å². The minimum Gasteiger partial charge on any atom is -0.496 e. The maximum absolute atomic E-state index is 12.1. The van der Waals surface area contributed by atoms with Gasteiger partial charge in [-0.3, -0.25) is 9.80 Å². The lowest BCUT2D eigenvalue weighted by Crippen LogP contribution is -2.45. The van der Waals surface area contributed by atoms with Crippen LogP contribution >= 0.6 is 0 Å². The van der Waals surface area contributed by atoms with Crippen LogP contribution in [0.2, 0.25) is 0 Å². The van der Waals surface area contributed by atoms with E-state index in [4.69, 9.17) is 9.15 Å². The molecule has 158 valence electrons. The van der Waals surface area contributed by atoms with E-state index >= 15 is 0 Å². The molecule has 0 amide bonds. The molecule has 0 aliphatic carbocycles. The van der Waals surface area contributed by atoms with Gasteiger partial charge < -0.3 is 9.15 Å². The molecule has 0 bridgehead atoms. The topological polar surface area (TPSA) is 45.9 Å². The fraction of sp³-hybridized carbons (Fsp3) is 0.400. The Balaban J connectivity index is 1.43. The van der Waals surface area contributed by atoms with E-state index in [1.165, 1.54) is 16.7 Å². The monoisotopic (exact) mass is 406 g/mol. The summed E-state index contributed by atoms with van der Waals surface area (Å²) < 4.78 is 11.0. The molecule has 1 saturated heterocycles. The fourth-order valence-corrected chi connectivity index (χ4v) is 4.24. The number of rotatable bonds is 6. The predicted molar refractivity (Wildman–Crippen MR) is 120 cm³/mol. The van der Waals surface area contributed by atoms with E-state index in [0.717, 1.165) is 62.4 Å². The summed E-state index contributed by atoms with van der Waals surface area (Å²) in [6, 6.07) is 14.2. The summed E-state index contributed by atoms with van der Waals surface area (Å²) in [4.78, 5) is 17.0. The van der Waals surface area contributed by atoms with Gasteiger partial charge in [-0.1, -0.05) is 36.8 Å². The van der Waals surface area contributed by atoms with Crippen molar-refractivity contribution in [3.05, 3.63) is 75.1 Å². The first kappa shape index (κ1) is 20.6. The van der Waals surface area contributed by atoms with Crippen molar-refractivity contribution in [2.75, 3.05) is 33.3 Å². The number of hydrogen-bond donors (Lipinski definition) is 0. The molecule has 4 rings (SSSR count). The molecule has 0 atom stereocenters. The maximum atomic E-state index is 12.1. The quantitative estimate of drug-likeness (QED) is 0.579. The Morgan fingerprint density at radius 3 is 2.30 bits per heavy atom. The van der Waals surface area contributed by atoms with Crippen LogP contribution in [0.15, 0.2) is 51.7 Å². The number of ether oxygens (including phenoxy) is 1. The largest absolute Gasteiger partial charge is 0.496 e. The zero-order chi connectivity index (χ0) is 21.1. The molecular formula is C25H30N2O3. The standard InChI is InChI=1S/C25H30N2O3/c1-4-19-6-7-22-20(15-25(28)30-24(22)14-19)16-26-9-11-27(12-10-26)17-21-13-18(2)5-8-23(21)29-3/h5-8,13-15H,4,9-12,16-17H2,1-3H3. The second-order valence-corrected chi connectivity index (χ2v) is 8.14. The molecule has 30 heavy (non-hydrogen) atoms. The number of methoxy groups -OCH3 is 1. The Kier molecular flexibility index (Phi) is 6.21. The van der Waals surface area contributed by atoms with E-state index in [0.29, 0.717) is 5.58 Å². The maximum Gasteiger partial charge on any atom is 0.336 e. The van der Waals surface area contributed by atoms with Crippen LogP contribution in [0.5, 0.6) is 5.75 Å². The Morgan fingerprint density at radius 2 is 1.63 bits per heavy atom. The van der Waals surface area contributed by atoms with Crippen LogP contribution < -0.4 is 10.4 Å². The third kappa shape index (κ3) is 4.58. The Bertz CT molecular complexity index is 1080. The second kappa shape index (κ2) is 9.02. The number of aryl methyl sites for hydroxylation is 2. The number of fused-ring (bicyclic) bond motifs is 1. The van der Waals surface area contributed by atoms with Gasteiger partial charge in [0.25, 0.3) is 0 Å². The van der Waals surface area contributed by atoms with Crippen molar-refractivity contribution < 1.29 is 9.15 Å². The molecule has 1 aromatic heterocycles. The first-order valence-electron chi connectivity index (χ1n) is 10.7. The van der Waals surface area contributed by atoms with Gasteiger partial charge in [0.15, 0.2) is 0 Å². The summed E-state index contributed by atoms with van der Waals surface area (Å²) in [5, 5.41) is 1.04. The van der Waals surface area contributed by atoms with Gasteiger partial charge in [-0.15, -0.1) is 0 Å². The van der Waals surface area contributed by atoms with Crippen molar-refractivity contribution in [2.45, 2.75) is 33.4 Å². The second-order valence-electron chi connectivity index (χ2n) is 8.14. The van der Waals surface area contributed by atoms with Crippen molar-refractivity contribution in [1.82, 2.24) is 9.80 Å². The summed E-state index contributed by atoms with van der Waals surface area (Å²) >= 11 is 0. The highest BCUT2D eigenvalue weighted by atomic mass is 16.5. The third-order valence-electron chi connectivity index (χ3n) is 5.99. The normalized spacial score (nSPS) is 15.6. The van der Waals surface area contributed by atoms with Gasteiger partial charge >= 0.3 is 5.63 Å². The van der Waals surface area contributed by atoms with Crippen molar-refractivity contribution in [1.29, 1.82) is 0 Å². The van der Waals surface area contributed by atoms with E-state index in [1.54, 1.807) is 13.2 Å². The van der Waals surface area contributed by atoms with E-state index in [2.05, 4.69) is 54.0 Å². The summed E-state index contributed by atoms with van der Waals surface area (Å²) in [7, 11) is 1.73. The van der Waals surface area contributed by atoms with Gasteiger partial charge in [0.1, 0.15) is 11.3 Å². The summed E-state index contributed by atoms with van der Waals surface area (Å²) in [5.74, 6) is 0.956. The lowest BCUT2D eigenvalue weighted by Gasteiger charge is -2.35. The number of benzene rings is 2.